The van der Waals surface area contributed by atoms with Gasteiger partial charge in [-0.2, -0.15) is 0 Å². The van der Waals surface area contributed by atoms with Crippen molar-refractivity contribution < 1.29 is 9.53 Å². The normalized spacial score (nSPS) is 12.3. The molecule has 184 valence electrons. The highest BCUT2D eigenvalue weighted by molar-refractivity contribution is 5.78. The molecule has 1 amide bonds. The van der Waals surface area contributed by atoms with E-state index >= 15 is 0 Å². The number of carbonyl (C=O) groups is 1. The van der Waals surface area contributed by atoms with Gasteiger partial charge in [-0.05, 0) is 67.9 Å². The minimum Gasteiger partial charge on any atom is -0.494 e. The number of carbonyl (C=O) groups excluding carboxylic acids is 1. The van der Waals surface area contributed by atoms with Crippen molar-refractivity contribution in [3.05, 3.63) is 59.9 Å². The molecule has 0 spiro atoms. The van der Waals surface area contributed by atoms with E-state index in [9.17, 15) is 4.79 Å². The molecule has 0 aliphatic heterocycles. The molecule has 1 N–H and O–H groups in total. The molecular weight excluding hydrogens is 422 g/mol. The van der Waals surface area contributed by atoms with Gasteiger partial charge >= 0.3 is 0 Å². The molecule has 0 bridgehead atoms. The van der Waals surface area contributed by atoms with Crippen molar-refractivity contribution in [2.45, 2.75) is 78.7 Å². The van der Waals surface area contributed by atoms with Crippen LogP contribution in [-0.2, 0) is 17.8 Å². The first kappa shape index (κ1) is 25.8. The Morgan fingerprint density at radius 3 is 2.44 bits per heavy atom. The van der Waals surface area contributed by atoms with Gasteiger partial charge in [-0.1, -0.05) is 52.0 Å². The Balaban J connectivity index is 1.53. The fourth-order valence-electron chi connectivity index (χ4n) is 4.37. The molecule has 0 fully saturated rings. The Morgan fingerprint density at radius 1 is 1.00 bits per heavy atom. The Bertz CT molecular complexity index is 1020. The van der Waals surface area contributed by atoms with Gasteiger partial charge in [0.05, 0.1) is 17.6 Å². The second-order valence-corrected chi connectivity index (χ2v) is 9.16. The third kappa shape index (κ3) is 6.85. The number of aryl methyl sites for hydroxylation is 2. The van der Waals surface area contributed by atoms with E-state index in [2.05, 4.69) is 80.0 Å². The number of nitrogens with zero attached hydrogens (tertiary/aromatic N) is 2. The van der Waals surface area contributed by atoms with Crippen LogP contribution in [0.1, 0.15) is 77.1 Å². The van der Waals surface area contributed by atoms with Crippen LogP contribution in [0.15, 0.2) is 48.5 Å². The summed E-state index contributed by atoms with van der Waals surface area (Å²) < 4.78 is 8.32. The number of para-hydroxylation sites is 2. The number of imidazole rings is 1. The molecule has 1 unspecified atom stereocenters. The largest absolute Gasteiger partial charge is 0.494 e. The summed E-state index contributed by atoms with van der Waals surface area (Å²) in [6.45, 7) is 10.8. The summed E-state index contributed by atoms with van der Waals surface area (Å²) in [5, 5.41) is 3.10. The number of hydrogen-bond donors (Lipinski definition) is 1. The topological polar surface area (TPSA) is 56.2 Å². The maximum Gasteiger partial charge on any atom is 0.223 e. The van der Waals surface area contributed by atoms with Crippen molar-refractivity contribution >= 4 is 16.9 Å². The Hall–Kier alpha value is -2.82. The molecule has 0 saturated heterocycles. The molecule has 0 radical (unpaired) electrons. The zero-order valence-electron chi connectivity index (χ0n) is 21.3. The first-order valence-corrected chi connectivity index (χ1v) is 13.0. The predicted molar refractivity (Wildman–Crippen MR) is 140 cm³/mol. The van der Waals surface area contributed by atoms with E-state index in [0.717, 1.165) is 67.7 Å². The fraction of sp³-hybridized carbons (Fsp3) is 0.517. The number of ether oxygens (including phenoxy) is 1. The number of aromatic nitrogens is 2. The van der Waals surface area contributed by atoms with Crippen molar-refractivity contribution in [1.29, 1.82) is 0 Å². The molecule has 0 aliphatic rings. The lowest BCUT2D eigenvalue weighted by atomic mass is 9.99. The molecule has 5 heteroatoms. The first-order valence-electron chi connectivity index (χ1n) is 13.0. The highest BCUT2D eigenvalue weighted by Crippen LogP contribution is 2.22. The molecule has 1 atom stereocenters. The minimum absolute atomic E-state index is 0.121. The highest BCUT2D eigenvalue weighted by Gasteiger charge is 2.14. The van der Waals surface area contributed by atoms with Crippen LogP contribution in [-0.4, -0.2) is 28.6 Å². The van der Waals surface area contributed by atoms with Gasteiger partial charge in [0.25, 0.3) is 0 Å². The molecular formula is C29H41N3O2. The van der Waals surface area contributed by atoms with Crippen LogP contribution in [0.5, 0.6) is 5.75 Å². The van der Waals surface area contributed by atoms with E-state index in [0.29, 0.717) is 19.1 Å². The molecule has 0 aliphatic carbocycles. The van der Waals surface area contributed by atoms with Gasteiger partial charge in [0.15, 0.2) is 0 Å². The first-order chi connectivity index (χ1) is 16.6. The lowest BCUT2D eigenvalue weighted by Crippen LogP contribution is -2.31. The van der Waals surface area contributed by atoms with Gasteiger partial charge in [0.1, 0.15) is 11.6 Å². The number of rotatable bonds is 14. The van der Waals surface area contributed by atoms with E-state index in [1.807, 2.05) is 6.07 Å². The third-order valence-corrected chi connectivity index (χ3v) is 6.82. The average molecular weight is 464 g/mol. The van der Waals surface area contributed by atoms with Gasteiger partial charge in [-0.25, -0.2) is 4.98 Å². The number of benzene rings is 2. The van der Waals surface area contributed by atoms with E-state index in [1.165, 1.54) is 5.56 Å². The van der Waals surface area contributed by atoms with Gasteiger partial charge < -0.3 is 14.6 Å². The van der Waals surface area contributed by atoms with Gasteiger partial charge in [0, 0.05) is 25.4 Å². The van der Waals surface area contributed by atoms with E-state index in [-0.39, 0.29) is 11.8 Å². The van der Waals surface area contributed by atoms with Crippen molar-refractivity contribution in [1.82, 2.24) is 14.9 Å². The summed E-state index contributed by atoms with van der Waals surface area (Å²) in [4.78, 5) is 17.1. The molecule has 34 heavy (non-hydrogen) atoms. The van der Waals surface area contributed by atoms with Crippen LogP contribution < -0.4 is 10.1 Å². The predicted octanol–water partition coefficient (Wildman–Crippen LogP) is 6.50. The van der Waals surface area contributed by atoms with Crippen molar-refractivity contribution in [2.24, 2.45) is 5.92 Å². The van der Waals surface area contributed by atoms with Crippen LogP contribution in [0.3, 0.4) is 0 Å². The molecule has 5 nitrogen and oxygen atoms in total. The van der Waals surface area contributed by atoms with E-state index in [4.69, 9.17) is 9.72 Å². The lowest BCUT2D eigenvalue weighted by molar-refractivity contribution is -0.125. The standard InChI is InChI=1S/C29H41N3O2/c1-5-22(4)24-15-17-25(18-16-24)34-21-11-20-32-27-13-9-8-12-26(27)31-28(32)14-10-19-30-29(33)23(6-2)7-3/h8-9,12-13,15-18,22-23H,5-7,10-11,14,19-21H2,1-4H3,(H,30,33). The summed E-state index contributed by atoms with van der Waals surface area (Å²) in [6, 6.07) is 16.8. The maximum absolute atomic E-state index is 12.2. The SMILES string of the molecule is CCC(CC)C(=O)NCCCc1nc2ccccc2n1CCCOc1ccc(C(C)CC)cc1. The van der Waals surface area contributed by atoms with E-state index < -0.39 is 0 Å². The van der Waals surface area contributed by atoms with Crippen molar-refractivity contribution in [2.75, 3.05) is 13.2 Å². The Kier molecular flexibility index (Phi) is 9.99. The summed E-state index contributed by atoms with van der Waals surface area (Å²) in [7, 11) is 0. The molecule has 2 aromatic carbocycles. The smallest absolute Gasteiger partial charge is 0.223 e. The highest BCUT2D eigenvalue weighted by atomic mass is 16.5. The molecule has 0 saturated carbocycles. The number of fused-ring (bicyclic) bond motifs is 1. The van der Waals surface area contributed by atoms with Gasteiger partial charge in [0.2, 0.25) is 5.91 Å². The van der Waals surface area contributed by atoms with Crippen LogP contribution in [0.4, 0.5) is 0 Å². The van der Waals surface area contributed by atoms with Crippen LogP contribution in [0.2, 0.25) is 0 Å². The second kappa shape index (κ2) is 13.2. The zero-order chi connectivity index (χ0) is 24.3. The second-order valence-electron chi connectivity index (χ2n) is 9.16. The quantitative estimate of drug-likeness (QED) is 0.278. The third-order valence-electron chi connectivity index (χ3n) is 6.82. The van der Waals surface area contributed by atoms with Crippen LogP contribution in [0.25, 0.3) is 11.0 Å². The van der Waals surface area contributed by atoms with Crippen LogP contribution in [0, 0.1) is 5.92 Å². The summed E-state index contributed by atoms with van der Waals surface area (Å²) in [5.74, 6) is 2.88. The average Bonchev–Trinajstić information content (AvgIpc) is 3.22. The maximum atomic E-state index is 12.2. The van der Waals surface area contributed by atoms with Gasteiger partial charge in [-0.3, -0.25) is 4.79 Å². The molecule has 3 rings (SSSR count). The monoisotopic (exact) mass is 463 g/mol. The minimum atomic E-state index is 0.121. The summed E-state index contributed by atoms with van der Waals surface area (Å²) in [6.07, 6.45) is 5.56. The zero-order valence-corrected chi connectivity index (χ0v) is 21.3. The van der Waals surface area contributed by atoms with E-state index in [1.54, 1.807) is 0 Å². The Labute approximate surface area is 204 Å². The lowest BCUT2D eigenvalue weighted by Gasteiger charge is -2.13. The number of amides is 1. The van der Waals surface area contributed by atoms with Crippen molar-refractivity contribution in [3.63, 3.8) is 0 Å². The van der Waals surface area contributed by atoms with Gasteiger partial charge in [-0.15, -0.1) is 0 Å². The fourth-order valence-corrected chi connectivity index (χ4v) is 4.37. The Morgan fingerprint density at radius 2 is 1.74 bits per heavy atom. The molecule has 1 aromatic heterocycles. The van der Waals surface area contributed by atoms with Crippen LogP contribution >= 0.6 is 0 Å². The summed E-state index contributed by atoms with van der Waals surface area (Å²) >= 11 is 0. The number of hydrogen-bond acceptors (Lipinski definition) is 3. The number of nitrogens with one attached hydrogen (secondary N) is 1. The summed E-state index contributed by atoms with van der Waals surface area (Å²) in [5.41, 5.74) is 3.55. The van der Waals surface area contributed by atoms with Crippen molar-refractivity contribution in [3.8, 4) is 5.75 Å². The molecule has 3 aromatic rings. The molecule has 1 heterocycles.